The molecule has 1 aliphatic carbocycles. The summed E-state index contributed by atoms with van der Waals surface area (Å²) in [5.74, 6) is -0.429. The van der Waals surface area contributed by atoms with Crippen LogP contribution in [0.3, 0.4) is 0 Å². The van der Waals surface area contributed by atoms with Crippen molar-refractivity contribution in [3.8, 4) is 0 Å². The van der Waals surface area contributed by atoms with Crippen LogP contribution in [0.5, 0.6) is 0 Å². The van der Waals surface area contributed by atoms with Crippen molar-refractivity contribution in [1.82, 2.24) is 4.90 Å². The van der Waals surface area contributed by atoms with E-state index in [2.05, 4.69) is 18.2 Å². The first kappa shape index (κ1) is 16.8. The van der Waals surface area contributed by atoms with Gasteiger partial charge in [-0.3, -0.25) is 4.79 Å². The zero-order valence-electron chi connectivity index (χ0n) is 15.2. The van der Waals surface area contributed by atoms with E-state index >= 15 is 0 Å². The van der Waals surface area contributed by atoms with Gasteiger partial charge < -0.3 is 9.64 Å². The molecular weight excluding hydrogens is 326 g/mol. The third-order valence-electron chi connectivity index (χ3n) is 5.79. The number of fused-ring (bicyclic) bond motifs is 2. The predicted octanol–water partition coefficient (Wildman–Crippen LogP) is 3.86. The highest BCUT2D eigenvalue weighted by Gasteiger charge is 2.45. The Balaban J connectivity index is 1.68. The van der Waals surface area contributed by atoms with Crippen LogP contribution in [0.15, 0.2) is 42.5 Å². The topological polar surface area (TPSA) is 46.6 Å². The van der Waals surface area contributed by atoms with E-state index in [1.807, 2.05) is 24.0 Å². The Morgan fingerprint density at radius 3 is 2.50 bits per heavy atom. The Morgan fingerprint density at radius 2 is 1.81 bits per heavy atom. The minimum absolute atomic E-state index is 0.0142. The van der Waals surface area contributed by atoms with Crippen LogP contribution in [0.2, 0.25) is 0 Å². The second-order valence-corrected chi connectivity index (χ2v) is 7.53. The molecule has 0 saturated heterocycles. The van der Waals surface area contributed by atoms with Crippen LogP contribution in [0.25, 0.3) is 0 Å². The molecule has 0 bridgehead atoms. The molecule has 0 unspecified atom stereocenters. The number of ether oxygens (including phenoxy) is 1. The van der Waals surface area contributed by atoms with E-state index in [0.717, 1.165) is 24.9 Å². The van der Waals surface area contributed by atoms with Crippen LogP contribution in [0.1, 0.15) is 56.7 Å². The Hall–Kier alpha value is -2.62. The molecule has 0 N–H and O–H groups in total. The highest BCUT2D eigenvalue weighted by atomic mass is 16.5. The van der Waals surface area contributed by atoms with Gasteiger partial charge in [0.15, 0.2) is 0 Å². The third-order valence-corrected chi connectivity index (χ3v) is 5.79. The average molecular weight is 349 g/mol. The molecule has 0 aromatic heterocycles. The van der Waals surface area contributed by atoms with Crippen LogP contribution < -0.4 is 0 Å². The molecule has 2 aliphatic rings. The number of aryl methyl sites for hydroxylation is 1. The summed E-state index contributed by atoms with van der Waals surface area (Å²) in [6, 6.07) is 13.7. The molecule has 1 fully saturated rings. The van der Waals surface area contributed by atoms with Crippen molar-refractivity contribution >= 4 is 11.9 Å². The van der Waals surface area contributed by atoms with Crippen molar-refractivity contribution in [3.63, 3.8) is 0 Å². The summed E-state index contributed by atoms with van der Waals surface area (Å²) in [7, 11) is 1.36. The molecule has 1 saturated carbocycles. The summed E-state index contributed by atoms with van der Waals surface area (Å²) in [5, 5.41) is 0. The molecule has 0 radical (unpaired) electrons. The number of methoxy groups -OCH3 is 1. The quantitative estimate of drug-likeness (QED) is 0.774. The number of hydrogen-bond donors (Lipinski definition) is 0. The Morgan fingerprint density at radius 1 is 1.08 bits per heavy atom. The van der Waals surface area contributed by atoms with Gasteiger partial charge in [-0.1, -0.05) is 30.7 Å². The second kappa shape index (κ2) is 6.27. The Labute approximate surface area is 153 Å². The first-order valence-corrected chi connectivity index (χ1v) is 9.10. The normalized spacial score (nSPS) is 17.4. The SMILES string of the molecule is COC(=O)c1cc(C)cc(C(=O)N2Cc3ccccc3C3(CCC3)C2)c1. The van der Waals surface area contributed by atoms with Gasteiger partial charge in [-0.2, -0.15) is 0 Å². The number of rotatable bonds is 2. The fourth-order valence-electron chi connectivity index (χ4n) is 4.39. The van der Waals surface area contributed by atoms with Crippen LogP contribution >= 0.6 is 0 Å². The zero-order chi connectivity index (χ0) is 18.3. The lowest BCUT2D eigenvalue weighted by Crippen LogP contribution is -2.51. The van der Waals surface area contributed by atoms with E-state index in [1.165, 1.54) is 24.7 Å². The first-order valence-electron chi connectivity index (χ1n) is 9.10. The smallest absolute Gasteiger partial charge is 0.337 e. The third kappa shape index (κ3) is 2.70. The largest absolute Gasteiger partial charge is 0.465 e. The fourth-order valence-corrected chi connectivity index (χ4v) is 4.39. The van der Waals surface area contributed by atoms with Gasteiger partial charge in [-0.05, 0) is 54.7 Å². The molecular formula is C22H23NO3. The molecule has 2 aromatic carbocycles. The van der Waals surface area contributed by atoms with E-state index in [4.69, 9.17) is 4.74 Å². The van der Waals surface area contributed by atoms with Gasteiger partial charge in [0.2, 0.25) is 0 Å². The van der Waals surface area contributed by atoms with Crippen molar-refractivity contribution < 1.29 is 14.3 Å². The first-order chi connectivity index (χ1) is 12.5. The highest BCUT2D eigenvalue weighted by Crippen LogP contribution is 2.48. The minimum Gasteiger partial charge on any atom is -0.465 e. The lowest BCUT2D eigenvalue weighted by Gasteiger charge is -2.50. The highest BCUT2D eigenvalue weighted by molar-refractivity contribution is 5.98. The van der Waals surface area contributed by atoms with Gasteiger partial charge >= 0.3 is 5.97 Å². The molecule has 2 aromatic rings. The van der Waals surface area contributed by atoms with Gasteiger partial charge in [0.1, 0.15) is 0 Å². The maximum absolute atomic E-state index is 13.2. The summed E-state index contributed by atoms with van der Waals surface area (Å²) < 4.78 is 4.81. The summed E-state index contributed by atoms with van der Waals surface area (Å²) in [6.07, 6.45) is 3.48. The summed E-state index contributed by atoms with van der Waals surface area (Å²) in [6.45, 7) is 3.27. The number of hydrogen-bond acceptors (Lipinski definition) is 3. The molecule has 4 rings (SSSR count). The Kier molecular flexibility index (Phi) is 4.06. The number of carbonyl (C=O) groups excluding carboxylic acids is 2. The standard InChI is InChI=1S/C22H23NO3/c1-15-10-17(12-18(11-15)21(25)26-2)20(24)23-13-16-6-3-4-7-19(16)22(14-23)8-5-9-22/h3-4,6-7,10-12H,5,8-9,13-14H2,1-2H3. The van der Waals surface area contributed by atoms with E-state index in [9.17, 15) is 9.59 Å². The zero-order valence-corrected chi connectivity index (χ0v) is 15.2. The van der Waals surface area contributed by atoms with E-state index < -0.39 is 5.97 Å². The molecule has 4 heteroatoms. The van der Waals surface area contributed by atoms with Crippen molar-refractivity contribution in [3.05, 3.63) is 70.3 Å². The van der Waals surface area contributed by atoms with Crippen molar-refractivity contribution in [2.45, 2.75) is 38.1 Å². The lowest BCUT2D eigenvalue weighted by molar-refractivity contribution is 0.0587. The van der Waals surface area contributed by atoms with Gasteiger partial charge in [-0.25, -0.2) is 4.79 Å². The monoisotopic (exact) mass is 349 g/mol. The van der Waals surface area contributed by atoms with Crippen LogP contribution in [0.4, 0.5) is 0 Å². The lowest BCUT2D eigenvalue weighted by atomic mass is 9.61. The summed E-state index contributed by atoms with van der Waals surface area (Å²) in [4.78, 5) is 27.1. The van der Waals surface area contributed by atoms with Crippen molar-refractivity contribution in [2.75, 3.05) is 13.7 Å². The van der Waals surface area contributed by atoms with Crippen LogP contribution in [0, 0.1) is 6.92 Å². The number of carbonyl (C=O) groups is 2. The number of benzene rings is 2. The second-order valence-electron chi connectivity index (χ2n) is 7.53. The molecule has 4 nitrogen and oxygen atoms in total. The number of nitrogens with zero attached hydrogens (tertiary/aromatic N) is 1. The fraction of sp³-hybridized carbons (Fsp3) is 0.364. The predicted molar refractivity (Wildman–Crippen MR) is 99.2 cm³/mol. The number of esters is 1. The molecule has 1 spiro atoms. The number of amides is 1. The van der Waals surface area contributed by atoms with Gasteiger partial charge in [0, 0.05) is 24.1 Å². The summed E-state index contributed by atoms with van der Waals surface area (Å²) >= 11 is 0. The molecule has 0 atom stereocenters. The van der Waals surface area contributed by atoms with E-state index in [-0.39, 0.29) is 11.3 Å². The van der Waals surface area contributed by atoms with Gasteiger partial charge in [-0.15, -0.1) is 0 Å². The maximum Gasteiger partial charge on any atom is 0.337 e. The van der Waals surface area contributed by atoms with Crippen LogP contribution in [-0.4, -0.2) is 30.4 Å². The summed E-state index contributed by atoms with van der Waals surface area (Å²) in [5.41, 5.74) is 4.62. The minimum atomic E-state index is -0.415. The van der Waals surface area contributed by atoms with E-state index in [0.29, 0.717) is 17.7 Å². The van der Waals surface area contributed by atoms with Crippen molar-refractivity contribution in [1.29, 1.82) is 0 Å². The van der Waals surface area contributed by atoms with E-state index in [1.54, 1.807) is 12.1 Å². The molecule has 26 heavy (non-hydrogen) atoms. The van der Waals surface area contributed by atoms with Crippen molar-refractivity contribution in [2.24, 2.45) is 0 Å². The average Bonchev–Trinajstić information content (AvgIpc) is 2.63. The molecule has 1 aliphatic heterocycles. The Bertz CT molecular complexity index is 883. The van der Waals surface area contributed by atoms with Gasteiger partial charge in [0.25, 0.3) is 5.91 Å². The molecule has 134 valence electrons. The van der Waals surface area contributed by atoms with Gasteiger partial charge in [0.05, 0.1) is 12.7 Å². The molecule has 1 amide bonds. The maximum atomic E-state index is 13.2. The molecule has 1 heterocycles. The van der Waals surface area contributed by atoms with Crippen LogP contribution in [-0.2, 0) is 16.7 Å².